The van der Waals surface area contributed by atoms with Gasteiger partial charge in [-0.3, -0.25) is 4.90 Å². The molecule has 0 radical (unpaired) electrons. The fourth-order valence-corrected chi connectivity index (χ4v) is 7.18. The summed E-state index contributed by atoms with van der Waals surface area (Å²) in [7, 11) is 1.32. The number of esters is 1. The van der Waals surface area contributed by atoms with E-state index < -0.39 is 67.3 Å². The van der Waals surface area contributed by atoms with E-state index in [4.69, 9.17) is 23.7 Å². The van der Waals surface area contributed by atoms with Crippen molar-refractivity contribution in [3.8, 4) is 0 Å². The van der Waals surface area contributed by atoms with Crippen molar-refractivity contribution in [3.63, 3.8) is 0 Å². The number of hydrogen-bond acceptors (Lipinski definition) is 11. The van der Waals surface area contributed by atoms with Crippen molar-refractivity contribution in [2.45, 2.75) is 61.7 Å². The van der Waals surface area contributed by atoms with Gasteiger partial charge in [-0.05, 0) is 18.1 Å². The Kier molecular flexibility index (Phi) is 6.03. The Balaban J connectivity index is 1.25. The Morgan fingerprint density at radius 3 is 2.79 bits per heavy atom. The molecule has 3 saturated heterocycles. The first-order chi connectivity index (χ1) is 18.9. The van der Waals surface area contributed by atoms with Gasteiger partial charge in [0.2, 0.25) is 6.29 Å². The van der Waals surface area contributed by atoms with Crippen LogP contribution in [0.5, 0.6) is 0 Å². The van der Waals surface area contributed by atoms with Gasteiger partial charge in [0, 0.05) is 36.3 Å². The number of aliphatic hydroxyl groups excluding tert-OH is 4. The van der Waals surface area contributed by atoms with Crippen molar-refractivity contribution in [1.29, 1.82) is 0 Å². The number of hydrogen-bond donors (Lipinski definition) is 5. The lowest BCUT2D eigenvalue weighted by molar-refractivity contribution is -0.350. The van der Waals surface area contributed by atoms with E-state index in [1.54, 1.807) is 0 Å². The van der Waals surface area contributed by atoms with Gasteiger partial charge in [-0.1, -0.05) is 18.2 Å². The highest BCUT2D eigenvalue weighted by molar-refractivity contribution is 5.89. The molecule has 10 atom stereocenters. The first-order valence-corrected chi connectivity index (χ1v) is 13.3. The van der Waals surface area contributed by atoms with Crippen LogP contribution in [0, 0.1) is 11.8 Å². The van der Waals surface area contributed by atoms with Gasteiger partial charge in [0.25, 0.3) is 0 Å². The number of H-pyrrole nitrogens is 1. The molecule has 12 heteroatoms. The summed E-state index contributed by atoms with van der Waals surface area (Å²) in [6.45, 7) is 0.772. The van der Waals surface area contributed by atoms with E-state index in [-0.39, 0.29) is 5.92 Å². The number of para-hydroxylation sites is 1. The van der Waals surface area contributed by atoms with E-state index in [9.17, 15) is 25.2 Å². The molecule has 2 bridgehead atoms. The van der Waals surface area contributed by atoms with E-state index in [1.165, 1.54) is 18.9 Å². The van der Waals surface area contributed by atoms with Crippen LogP contribution in [0.15, 0.2) is 36.1 Å². The molecule has 6 heterocycles. The monoisotopic (exact) mass is 544 g/mol. The third-order valence-corrected chi connectivity index (χ3v) is 9.06. The van der Waals surface area contributed by atoms with E-state index in [0.717, 1.165) is 29.6 Å². The second-order valence-electron chi connectivity index (χ2n) is 11.0. The molecule has 210 valence electrons. The second kappa shape index (κ2) is 9.25. The van der Waals surface area contributed by atoms with Gasteiger partial charge in [-0.15, -0.1) is 0 Å². The summed E-state index contributed by atoms with van der Waals surface area (Å²) in [4.78, 5) is 18.8. The number of ether oxygens (including phenoxy) is 5. The molecule has 5 N–H and O–H groups in total. The molecule has 0 aliphatic carbocycles. The largest absolute Gasteiger partial charge is 0.471 e. The van der Waals surface area contributed by atoms with Crippen LogP contribution < -0.4 is 0 Å². The van der Waals surface area contributed by atoms with E-state index in [0.29, 0.717) is 18.5 Å². The number of aromatic amines is 1. The lowest BCUT2D eigenvalue weighted by Gasteiger charge is -2.50. The smallest absolute Gasteiger partial charge is 0.337 e. The molecular weight excluding hydrogens is 512 g/mol. The van der Waals surface area contributed by atoms with E-state index in [2.05, 4.69) is 16.0 Å². The van der Waals surface area contributed by atoms with Gasteiger partial charge < -0.3 is 49.1 Å². The minimum Gasteiger partial charge on any atom is -0.471 e. The highest BCUT2D eigenvalue weighted by atomic mass is 16.8. The Hall–Kier alpha value is -2.55. The van der Waals surface area contributed by atoms with Crippen LogP contribution in [0.25, 0.3) is 10.9 Å². The van der Waals surface area contributed by atoms with Crippen LogP contribution in [-0.2, 0) is 40.6 Å². The van der Waals surface area contributed by atoms with Gasteiger partial charge in [0.05, 0.1) is 43.3 Å². The molecule has 1 aromatic heterocycles. The minimum atomic E-state index is -1.59. The van der Waals surface area contributed by atoms with Crippen molar-refractivity contribution in [2.75, 3.05) is 26.8 Å². The summed E-state index contributed by atoms with van der Waals surface area (Å²) < 4.78 is 29.5. The molecule has 39 heavy (non-hydrogen) atoms. The lowest BCUT2D eigenvalue weighted by Crippen LogP contribution is -2.61. The normalized spacial score (nSPS) is 41.3. The zero-order valence-electron chi connectivity index (χ0n) is 21.3. The Labute approximate surface area is 223 Å². The fourth-order valence-electron chi connectivity index (χ4n) is 7.18. The number of carbonyl (C=O) groups excluding carboxylic acids is 1. The van der Waals surface area contributed by atoms with Gasteiger partial charge >= 0.3 is 5.97 Å². The van der Waals surface area contributed by atoms with Crippen LogP contribution >= 0.6 is 0 Å². The summed E-state index contributed by atoms with van der Waals surface area (Å²) in [6.07, 6.45) is -5.98. The summed E-state index contributed by atoms with van der Waals surface area (Å²) in [5, 5.41) is 41.7. The van der Waals surface area contributed by atoms with Crippen LogP contribution in [0.4, 0.5) is 0 Å². The van der Waals surface area contributed by atoms with Crippen molar-refractivity contribution >= 4 is 16.9 Å². The SMILES string of the molecule is COC(=O)C1=CO[C@@H](O[C@@H]2O[C@H](CO)[C@@H](O)[C@H](O)[C@H]2O)[C@H]2[C@@H]1C[C@@]13O[C@@H]2CN1CCc1c3[nH]c2ccccc12. The minimum absolute atomic E-state index is 0.369. The maximum absolute atomic E-state index is 12.9. The van der Waals surface area contributed by atoms with Crippen molar-refractivity contribution in [3.05, 3.63) is 47.4 Å². The molecule has 5 aliphatic heterocycles. The van der Waals surface area contributed by atoms with Crippen LogP contribution in [0.2, 0.25) is 0 Å². The highest BCUT2D eigenvalue weighted by Crippen LogP contribution is 2.57. The molecule has 2 aromatic rings. The molecule has 0 saturated carbocycles. The highest BCUT2D eigenvalue weighted by Gasteiger charge is 2.64. The van der Waals surface area contributed by atoms with Gasteiger partial charge in [0.1, 0.15) is 24.4 Å². The molecule has 1 spiro atoms. The molecule has 0 unspecified atom stereocenters. The van der Waals surface area contributed by atoms with Crippen LogP contribution in [-0.4, -0.2) is 106 Å². The van der Waals surface area contributed by atoms with Gasteiger partial charge in [-0.25, -0.2) is 4.79 Å². The van der Waals surface area contributed by atoms with E-state index in [1.807, 2.05) is 18.2 Å². The maximum atomic E-state index is 12.9. The summed E-state index contributed by atoms with van der Waals surface area (Å²) in [5.74, 6) is -1.35. The van der Waals surface area contributed by atoms with Crippen LogP contribution in [0.1, 0.15) is 17.7 Å². The number of fused-ring (bicyclic) bond motifs is 6. The first-order valence-electron chi connectivity index (χ1n) is 13.3. The second-order valence-corrected chi connectivity index (χ2v) is 11.0. The quantitative estimate of drug-likeness (QED) is 0.314. The Bertz CT molecular complexity index is 1310. The predicted octanol–water partition coefficient (Wildman–Crippen LogP) is -0.557. The molecule has 5 aliphatic rings. The predicted molar refractivity (Wildman–Crippen MR) is 132 cm³/mol. The van der Waals surface area contributed by atoms with Crippen LogP contribution in [0.3, 0.4) is 0 Å². The number of nitrogens with one attached hydrogen (secondary N) is 1. The average Bonchev–Trinajstić information content (AvgIpc) is 3.48. The number of nitrogens with zero attached hydrogens (tertiary/aromatic N) is 1. The summed E-state index contributed by atoms with van der Waals surface area (Å²) >= 11 is 0. The van der Waals surface area contributed by atoms with Gasteiger partial charge in [-0.2, -0.15) is 0 Å². The lowest BCUT2D eigenvalue weighted by atomic mass is 9.73. The number of methoxy groups -OCH3 is 1. The van der Waals surface area contributed by atoms with Gasteiger partial charge in [0.15, 0.2) is 12.0 Å². The molecule has 1 aromatic carbocycles. The number of aromatic nitrogens is 1. The van der Waals surface area contributed by atoms with Crippen molar-refractivity contribution in [1.82, 2.24) is 9.88 Å². The molecule has 12 nitrogen and oxygen atoms in total. The zero-order valence-corrected chi connectivity index (χ0v) is 21.3. The topological polar surface area (TPSA) is 163 Å². The van der Waals surface area contributed by atoms with Crippen molar-refractivity contribution < 1.29 is 48.9 Å². The number of aliphatic hydroxyl groups is 4. The molecular formula is C27H32N2O10. The van der Waals surface area contributed by atoms with E-state index >= 15 is 0 Å². The number of carbonyl (C=O) groups is 1. The van der Waals surface area contributed by atoms with Crippen molar-refractivity contribution in [2.24, 2.45) is 11.8 Å². The maximum Gasteiger partial charge on any atom is 0.337 e. The fraction of sp³-hybridized carbons (Fsp3) is 0.593. The standard InChI is InChI=1S/C27H32N2O10/c1-35-24(34)15-11-36-25(38-26-22(33)21(32)20(31)18(10-30)37-26)19-14(15)8-27-23-13(6-7-29(27)9-17(19)39-27)12-4-2-3-5-16(12)28-23/h2-5,11,14,17-22,25-26,28,30-33H,6-10H2,1H3/t14-,17-,18-,19+,20-,21+,22-,25+,26+,27+/m1/s1. The Morgan fingerprint density at radius 1 is 1.18 bits per heavy atom. The zero-order chi connectivity index (χ0) is 27.1. The molecule has 0 amide bonds. The third kappa shape index (κ3) is 3.64. The number of benzene rings is 1. The summed E-state index contributed by atoms with van der Waals surface area (Å²) in [5.41, 5.74) is 2.85. The first kappa shape index (κ1) is 25.4. The molecule has 3 fully saturated rings. The number of rotatable bonds is 4. The Morgan fingerprint density at radius 2 is 2.00 bits per heavy atom. The summed E-state index contributed by atoms with van der Waals surface area (Å²) in [6, 6.07) is 8.17. The third-order valence-electron chi connectivity index (χ3n) is 9.06. The molecule has 7 rings (SSSR count). The average molecular weight is 545 g/mol.